The summed E-state index contributed by atoms with van der Waals surface area (Å²) >= 11 is 0. The summed E-state index contributed by atoms with van der Waals surface area (Å²) in [6, 6.07) is 18.9. The number of hydrogen-bond acceptors (Lipinski definition) is 4. The summed E-state index contributed by atoms with van der Waals surface area (Å²) in [6.45, 7) is 9.00. The molecular weight excluding hydrogens is 456 g/mol. The van der Waals surface area contributed by atoms with Crippen LogP contribution in [-0.4, -0.2) is 31.9 Å². The molecule has 0 saturated heterocycles. The second-order valence-electron chi connectivity index (χ2n) is 8.93. The van der Waals surface area contributed by atoms with Crippen molar-refractivity contribution in [2.24, 2.45) is 7.05 Å². The van der Waals surface area contributed by atoms with Crippen LogP contribution in [0.25, 0.3) is 11.4 Å². The van der Waals surface area contributed by atoms with Crippen LogP contribution in [0.1, 0.15) is 39.9 Å². The molecule has 1 unspecified atom stereocenters. The van der Waals surface area contributed by atoms with Crippen LogP contribution in [0.4, 0.5) is 5.69 Å². The minimum absolute atomic E-state index is 0.145. The van der Waals surface area contributed by atoms with E-state index in [1.807, 2.05) is 79.9 Å². The average molecular weight is 487 g/mol. The monoisotopic (exact) mass is 486 g/mol. The molecule has 2 aromatic heterocycles. The Labute approximate surface area is 209 Å². The van der Waals surface area contributed by atoms with Gasteiger partial charge in [-0.3, -0.25) is 14.3 Å². The van der Waals surface area contributed by atoms with Crippen LogP contribution >= 0.6 is 0 Å². The standard InChI is InChI=1S/C28H30N4O4/c1-17-11-10-14-23(15-17)31-18(2)16-24(19(31)3)28(35)36-21(5)26(33)29-25-20(4)30(6)32(27(25)34)22-12-8-7-9-13-22/h7-16,21H,1-6H3,(H,29,33). The highest BCUT2D eigenvalue weighted by molar-refractivity contribution is 5.98. The zero-order chi connectivity index (χ0) is 26.1. The zero-order valence-electron chi connectivity index (χ0n) is 21.3. The number of aromatic nitrogens is 3. The number of carbonyl (C=O) groups is 2. The van der Waals surface area contributed by atoms with Crippen molar-refractivity contribution in [1.82, 2.24) is 13.9 Å². The van der Waals surface area contributed by atoms with Crippen molar-refractivity contribution in [3.63, 3.8) is 0 Å². The predicted molar refractivity (Wildman–Crippen MR) is 139 cm³/mol. The molecule has 8 heteroatoms. The van der Waals surface area contributed by atoms with Crippen molar-refractivity contribution in [2.45, 2.75) is 40.7 Å². The van der Waals surface area contributed by atoms with E-state index in [1.54, 1.807) is 24.7 Å². The van der Waals surface area contributed by atoms with Crippen LogP contribution in [0.15, 0.2) is 65.5 Å². The smallest absolute Gasteiger partial charge is 0.340 e. The highest BCUT2D eigenvalue weighted by atomic mass is 16.5. The molecule has 0 bridgehead atoms. The molecule has 4 rings (SSSR count). The summed E-state index contributed by atoms with van der Waals surface area (Å²) in [4.78, 5) is 39.0. The molecule has 36 heavy (non-hydrogen) atoms. The lowest BCUT2D eigenvalue weighted by Crippen LogP contribution is -2.32. The summed E-state index contributed by atoms with van der Waals surface area (Å²) < 4.78 is 10.6. The Morgan fingerprint density at radius 3 is 2.22 bits per heavy atom. The molecule has 0 spiro atoms. The quantitative estimate of drug-likeness (QED) is 0.410. The van der Waals surface area contributed by atoms with E-state index >= 15 is 0 Å². The number of amides is 1. The van der Waals surface area contributed by atoms with Crippen molar-refractivity contribution in [3.8, 4) is 11.4 Å². The maximum absolute atomic E-state index is 13.1. The Hall–Kier alpha value is -4.33. The van der Waals surface area contributed by atoms with Crippen molar-refractivity contribution in [3.05, 3.63) is 99.2 Å². The van der Waals surface area contributed by atoms with Gasteiger partial charge in [0.15, 0.2) is 6.10 Å². The summed E-state index contributed by atoms with van der Waals surface area (Å²) in [5.74, 6) is -1.18. The average Bonchev–Trinajstić information content (AvgIpc) is 3.26. The van der Waals surface area contributed by atoms with Crippen LogP contribution in [0.5, 0.6) is 0 Å². The highest BCUT2D eigenvalue weighted by Crippen LogP contribution is 2.23. The predicted octanol–water partition coefficient (Wildman–Crippen LogP) is 4.38. The van der Waals surface area contributed by atoms with E-state index in [0.717, 1.165) is 22.6 Å². The lowest BCUT2D eigenvalue weighted by molar-refractivity contribution is -0.123. The Bertz CT molecular complexity index is 1510. The van der Waals surface area contributed by atoms with Gasteiger partial charge in [0.2, 0.25) is 0 Å². The van der Waals surface area contributed by atoms with Gasteiger partial charge in [-0.1, -0.05) is 30.3 Å². The first kappa shape index (κ1) is 24.8. The van der Waals surface area contributed by atoms with Gasteiger partial charge in [0.1, 0.15) is 5.69 Å². The second kappa shape index (κ2) is 9.73. The topological polar surface area (TPSA) is 87.3 Å². The summed E-state index contributed by atoms with van der Waals surface area (Å²) in [5.41, 5.74) is 5.08. The number of nitrogens with one attached hydrogen (secondary N) is 1. The maximum Gasteiger partial charge on any atom is 0.340 e. The molecule has 0 radical (unpaired) electrons. The van der Waals surface area contributed by atoms with Crippen LogP contribution < -0.4 is 10.9 Å². The van der Waals surface area contributed by atoms with Crippen LogP contribution in [0.3, 0.4) is 0 Å². The van der Waals surface area contributed by atoms with E-state index < -0.39 is 18.0 Å². The van der Waals surface area contributed by atoms with Gasteiger partial charge in [-0.15, -0.1) is 0 Å². The lowest BCUT2D eigenvalue weighted by atomic mass is 10.2. The normalized spacial score (nSPS) is 11.8. The maximum atomic E-state index is 13.1. The Morgan fingerprint density at radius 1 is 0.889 bits per heavy atom. The fourth-order valence-corrected chi connectivity index (χ4v) is 4.35. The number of aryl methyl sites for hydroxylation is 2. The molecule has 0 saturated carbocycles. The van der Waals surface area contributed by atoms with Crippen molar-refractivity contribution in [2.75, 3.05) is 5.32 Å². The van der Waals surface area contributed by atoms with Crippen LogP contribution in [-0.2, 0) is 16.6 Å². The molecule has 1 N–H and O–H groups in total. The van der Waals surface area contributed by atoms with Gasteiger partial charge in [-0.05, 0) is 70.5 Å². The van der Waals surface area contributed by atoms with Gasteiger partial charge in [0.25, 0.3) is 11.5 Å². The Kier molecular flexibility index (Phi) is 6.70. The third-order valence-electron chi connectivity index (χ3n) is 6.37. The Balaban J connectivity index is 1.53. The van der Waals surface area contributed by atoms with E-state index in [2.05, 4.69) is 5.32 Å². The van der Waals surface area contributed by atoms with E-state index in [0.29, 0.717) is 16.9 Å². The number of rotatable bonds is 6. The number of para-hydroxylation sites is 1. The third-order valence-corrected chi connectivity index (χ3v) is 6.37. The fourth-order valence-electron chi connectivity index (χ4n) is 4.35. The van der Waals surface area contributed by atoms with Crippen LogP contribution in [0.2, 0.25) is 0 Å². The minimum atomic E-state index is -1.11. The number of esters is 1. The molecule has 4 aromatic rings. The summed E-state index contributed by atoms with van der Waals surface area (Å²) in [6.07, 6.45) is -1.11. The fraction of sp³-hybridized carbons (Fsp3) is 0.250. The van der Waals surface area contributed by atoms with Crippen molar-refractivity contribution in [1.29, 1.82) is 0 Å². The molecular formula is C28H30N4O4. The first-order valence-electron chi connectivity index (χ1n) is 11.7. The van der Waals surface area contributed by atoms with E-state index in [4.69, 9.17) is 4.74 Å². The molecule has 0 aliphatic heterocycles. The molecule has 186 valence electrons. The number of carbonyl (C=O) groups excluding carboxylic acids is 2. The molecule has 1 atom stereocenters. The largest absolute Gasteiger partial charge is 0.449 e. The number of anilines is 1. The zero-order valence-corrected chi connectivity index (χ0v) is 21.3. The Morgan fingerprint density at radius 2 is 1.56 bits per heavy atom. The first-order chi connectivity index (χ1) is 17.1. The minimum Gasteiger partial charge on any atom is -0.449 e. The summed E-state index contributed by atoms with van der Waals surface area (Å²) in [5, 5.41) is 2.65. The first-order valence-corrected chi connectivity index (χ1v) is 11.7. The third kappa shape index (κ3) is 4.49. The molecule has 0 aliphatic carbocycles. The van der Waals surface area contributed by atoms with Gasteiger partial charge < -0.3 is 14.6 Å². The van der Waals surface area contributed by atoms with Gasteiger partial charge in [-0.25, -0.2) is 9.48 Å². The van der Waals surface area contributed by atoms with Gasteiger partial charge >= 0.3 is 5.97 Å². The number of benzene rings is 2. The molecule has 8 nitrogen and oxygen atoms in total. The SMILES string of the molecule is Cc1cccc(-n2c(C)cc(C(=O)OC(C)C(=O)Nc3c(C)n(C)n(-c4ccccc4)c3=O)c2C)c1. The van der Waals surface area contributed by atoms with Gasteiger partial charge in [-0.2, -0.15) is 0 Å². The highest BCUT2D eigenvalue weighted by Gasteiger charge is 2.25. The van der Waals surface area contributed by atoms with Gasteiger partial charge in [0.05, 0.1) is 16.9 Å². The molecule has 2 heterocycles. The molecule has 2 aromatic carbocycles. The lowest BCUT2D eigenvalue weighted by Gasteiger charge is -2.14. The number of hydrogen-bond donors (Lipinski definition) is 1. The van der Waals surface area contributed by atoms with Crippen molar-refractivity contribution >= 4 is 17.6 Å². The number of nitrogens with zero attached hydrogens (tertiary/aromatic N) is 3. The molecule has 0 aliphatic rings. The summed E-state index contributed by atoms with van der Waals surface area (Å²) in [7, 11) is 1.74. The molecule has 0 fully saturated rings. The van der Waals surface area contributed by atoms with E-state index in [-0.39, 0.29) is 11.2 Å². The molecule has 1 amide bonds. The second-order valence-corrected chi connectivity index (χ2v) is 8.93. The van der Waals surface area contributed by atoms with E-state index in [1.165, 1.54) is 11.6 Å². The number of ether oxygens (including phenoxy) is 1. The van der Waals surface area contributed by atoms with Gasteiger partial charge in [0, 0.05) is 24.1 Å². The van der Waals surface area contributed by atoms with Crippen LogP contribution in [0, 0.1) is 27.7 Å². The van der Waals surface area contributed by atoms with E-state index in [9.17, 15) is 14.4 Å². The van der Waals surface area contributed by atoms with Crippen molar-refractivity contribution < 1.29 is 14.3 Å².